The number of hydrogen-bond acceptors (Lipinski definition) is 3. The zero-order valence-electron chi connectivity index (χ0n) is 16.4. The average molecular weight is 394 g/mol. The van der Waals surface area contributed by atoms with Gasteiger partial charge < -0.3 is 11.1 Å². The molecule has 1 aromatic heterocycles. The summed E-state index contributed by atoms with van der Waals surface area (Å²) >= 11 is 0. The van der Waals surface area contributed by atoms with Crippen LogP contribution in [0.5, 0.6) is 0 Å². The van der Waals surface area contributed by atoms with E-state index in [4.69, 9.17) is 5.73 Å². The van der Waals surface area contributed by atoms with Crippen molar-refractivity contribution in [2.75, 3.05) is 0 Å². The zero-order chi connectivity index (χ0) is 20.9. The fraction of sp³-hybridized carbons (Fsp3) is 0.500. The third kappa shape index (κ3) is 3.72. The quantitative estimate of drug-likeness (QED) is 0.817. The van der Waals surface area contributed by atoms with E-state index in [1.165, 1.54) is 0 Å². The smallest absolute Gasteiger partial charge is 0.395 e. The molecule has 1 unspecified atom stereocenters. The van der Waals surface area contributed by atoms with Gasteiger partial charge in [0.25, 0.3) is 0 Å². The Labute approximate surface area is 162 Å². The van der Waals surface area contributed by atoms with Gasteiger partial charge in [-0.15, -0.1) is 0 Å². The van der Waals surface area contributed by atoms with Crippen LogP contribution in [0.1, 0.15) is 63.4 Å². The number of hydrogen-bond donors (Lipinski definition) is 2. The van der Waals surface area contributed by atoms with Gasteiger partial charge in [0.05, 0.1) is 17.8 Å². The highest BCUT2D eigenvalue weighted by Crippen LogP contribution is 2.41. The monoisotopic (exact) mass is 394 g/mol. The molecule has 5 nitrogen and oxygen atoms in total. The minimum Gasteiger partial charge on any atom is -0.395 e. The maximum absolute atomic E-state index is 13.1. The number of nitrogens with two attached hydrogens (primary N) is 1. The van der Waals surface area contributed by atoms with Crippen LogP contribution in [0.3, 0.4) is 0 Å². The minimum absolute atomic E-state index is 0.0696. The number of rotatable bonds is 3. The van der Waals surface area contributed by atoms with Crippen LogP contribution < -0.4 is 11.1 Å². The summed E-state index contributed by atoms with van der Waals surface area (Å²) in [7, 11) is 0. The van der Waals surface area contributed by atoms with Crippen LogP contribution in [0.25, 0.3) is 6.08 Å². The normalized spacial score (nSPS) is 20.6. The van der Waals surface area contributed by atoms with Crippen molar-refractivity contribution in [2.24, 2.45) is 5.73 Å². The Morgan fingerprint density at radius 1 is 1.39 bits per heavy atom. The Hall–Kier alpha value is -2.51. The maximum atomic E-state index is 13.1. The largest absolute Gasteiger partial charge is 0.430 e. The molecule has 0 saturated carbocycles. The number of amides is 1. The fourth-order valence-electron chi connectivity index (χ4n) is 3.66. The maximum Gasteiger partial charge on any atom is 0.430 e. The molecule has 2 heterocycles. The van der Waals surface area contributed by atoms with Crippen molar-refractivity contribution < 1.29 is 18.0 Å². The molecule has 0 bridgehead atoms. The first-order valence-electron chi connectivity index (χ1n) is 9.28. The number of nitrogens with one attached hydrogen (secondary N) is 1. The number of aryl methyl sites for hydroxylation is 1. The van der Waals surface area contributed by atoms with Gasteiger partial charge in [0, 0.05) is 29.1 Å². The molecule has 0 spiro atoms. The molecule has 1 aliphatic heterocycles. The van der Waals surface area contributed by atoms with E-state index in [0.717, 1.165) is 28.6 Å². The van der Waals surface area contributed by atoms with Crippen molar-refractivity contribution in [2.45, 2.75) is 64.6 Å². The molecule has 3 rings (SSSR count). The highest BCUT2D eigenvalue weighted by molar-refractivity contribution is 5.87. The summed E-state index contributed by atoms with van der Waals surface area (Å²) in [5.74, 6) is -0.242. The molecule has 0 radical (unpaired) electrons. The molecule has 1 amide bonds. The molecule has 152 valence electrons. The van der Waals surface area contributed by atoms with Gasteiger partial charge >= 0.3 is 6.18 Å². The second-order valence-electron chi connectivity index (χ2n) is 8.19. The second-order valence-corrected chi connectivity index (χ2v) is 8.19. The number of aromatic nitrogens is 2. The minimum atomic E-state index is -4.61. The zero-order valence-corrected chi connectivity index (χ0v) is 16.4. The molecular formula is C20H25F3N4O. The van der Waals surface area contributed by atoms with Gasteiger partial charge in [-0.3, -0.25) is 9.48 Å². The summed E-state index contributed by atoms with van der Waals surface area (Å²) in [4.78, 5) is 11.7. The average Bonchev–Trinajstić information content (AvgIpc) is 3.12. The first-order valence-corrected chi connectivity index (χ1v) is 9.28. The van der Waals surface area contributed by atoms with Gasteiger partial charge in [0.1, 0.15) is 5.70 Å². The highest BCUT2D eigenvalue weighted by atomic mass is 19.4. The van der Waals surface area contributed by atoms with Gasteiger partial charge in [-0.05, 0) is 25.0 Å². The lowest BCUT2D eigenvalue weighted by Crippen LogP contribution is -2.20. The van der Waals surface area contributed by atoms with E-state index >= 15 is 0 Å². The summed E-state index contributed by atoms with van der Waals surface area (Å²) in [6.45, 7) is 8.21. The van der Waals surface area contributed by atoms with Crippen LogP contribution in [0, 0.1) is 0 Å². The molecule has 28 heavy (non-hydrogen) atoms. The second kappa shape index (κ2) is 6.83. The third-order valence-electron chi connectivity index (χ3n) is 4.98. The van der Waals surface area contributed by atoms with Gasteiger partial charge in [-0.1, -0.05) is 32.9 Å². The molecule has 0 aromatic carbocycles. The molecule has 3 N–H and O–H groups in total. The Morgan fingerprint density at radius 2 is 2.07 bits per heavy atom. The van der Waals surface area contributed by atoms with Crippen LogP contribution in [-0.2, 0) is 16.8 Å². The lowest BCUT2D eigenvalue weighted by atomic mass is 9.80. The summed E-state index contributed by atoms with van der Waals surface area (Å²) in [5, 5.41) is 7.44. The van der Waals surface area contributed by atoms with Crippen molar-refractivity contribution in [1.29, 1.82) is 0 Å². The SMILES string of the molecule is CCn1nc(C(C)(C)C)c(C2C=C3CC(=O)NC3=CC2)c1/C=C(\N)C(F)(F)F. The van der Waals surface area contributed by atoms with Crippen LogP contribution in [0.4, 0.5) is 13.2 Å². The predicted octanol–water partition coefficient (Wildman–Crippen LogP) is 3.88. The molecule has 1 saturated heterocycles. The first kappa shape index (κ1) is 20.2. The number of alkyl halides is 3. The van der Waals surface area contributed by atoms with Crippen molar-refractivity contribution in [3.05, 3.63) is 46.1 Å². The number of fused-ring (bicyclic) bond motifs is 1. The fourth-order valence-corrected chi connectivity index (χ4v) is 3.66. The molecule has 1 aliphatic carbocycles. The predicted molar refractivity (Wildman–Crippen MR) is 101 cm³/mol. The highest BCUT2D eigenvalue weighted by Gasteiger charge is 2.35. The summed E-state index contributed by atoms with van der Waals surface area (Å²) in [6, 6.07) is 0. The van der Waals surface area contributed by atoms with Gasteiger partial charge in [-0.2, -0.15) is 18.3 Å². The standard InChI is InChI=1S/C20H25F3N4O/c1-5-27-14(10-15(24)20(21,22)23)17(18(26-27)19(2,3)4)11-6-7-13-12(8-11)9-16(28)25-13/h7-8,10-11H,5-6,9,24H2,1-4H3,(H,25,28)/b15-10-. The number of carbonyl (C=O) groups excluding carboxylic acids is 1. The van der Waals surface area contributed by atoms with Crippen molar-refractivity contribution in [3.8, 4) is 0 Å². The topological polar surface area (TPSA) is 72.9 Å². The Morgan fingerprint density at radius 3 is 2.64 bits per heavy atom. The summed E-state index contributed by atoms with van der Waals surface area (Å²) in [6.07, 6.45) is 1.13. The molecular weight excluding hydrogens is 369 g/mol. The Bertz CT molecular complexity index is 898. The molecule has 2 aliphatic rings. The first-order chi connectivity index (χ1) is 12.9. The van der Waals surface area contributed by atoms with E-state index in [-0.39, 0.29) is 23.7 Å². The Kier molecular flexibility index (Phi) is 4.93. The van der Waals surface area contributed by atoms with Gasteiger partial charge in [0.2, 0.25) is 5.91 Å². The van der Waals surface area contributed by atoms with Crippen LogP contribution in [0.2, 0.25) is 0 Å². The molecule has 1 atom stereocenters. The number of halogens is 3. The van der Waals surface area contributed by atoms with Gasteiger partial charge in [0.15, 0.2) is 0 Å². The number of carbonyl (C=O) groups is 1. The van der Waals surface area contributed by atoms with E-state index in [0.29, 0.717) is 18.7 Å². The molecule has 1 fully saturated rings. The van der Waals surface area contributed by atoms with Crippen LogP contribution in [-0.4, -0.2) is 21.9 Å². The molecule has 1 aromatic rings. The lowest BCUT2D eigenvalue weighted by Gasteiger charge is -2.23. The number of nitrogens with zero attached hydrogens (tertiary/aromatic N) is 2. The summed E-state index contributed by atoms with van der Waals surface area (Å²) < 4.78 is 40.9. The van der Waals surface area contributed by atoms with E-state index in [1.54, 1.807) is 4.68 Å². The van der Waals surface area contributed by atoms with Gasteiger partial charge in [-0.25, -0.2) is 0 Å². The van der Waals surface area contributed by atoms with Crippen LogP contribution in [0.15, 0.2) is 29.1 Å². The molecule has 8 heteroatoms. The van der Waals surface area contributed by atoms with E-state index in [1.807, 2.05) is 39.8 Å². The van der Waals surface area contributed by atoms with E-state index in [2.05, 4.69) is 10.4 Å². The summed E-state index contributed by atoms with van der Waals surface area (Å²) in [5.41, 5.74) is 7.36. The van der Waals surface area contributed by atoms with E-state index < -0.39 is 11.9 Å². The van der Waals surface area contributed by atoms with Crippen molar-refractivity contribution in [3.63, 3.8) is 0 Å². The van der Waals surface area contributed by atoms with Crippen molar-refractivity contribution >= 4 is 12.0 Å². The number of allylic oxidation sites excluding steroid dienone is 4. The third-order valence-corrected chi connectivity index (χ3v) is 4.98. The Balaban J connectivity index is 2.18. The van der Waals surface area contributed by atoms with E-state index in [9.17, 15) is 18.0 Å². The van der Waals surface area contributed by atoms with Crippen LogP contribution >= 0.6 is 0 Å². The lowest BCUT2D eigenvalue weighted by molar-refractivity contribution is -0.118. The van der Waals surface area contributed by atoms with Crippen molar-refractivity contribution in [1.82, 2.24) is 15.1 Å².